The number of carbonyl (C=O) groups excluding carboxylic acids is 1. The van der Waals surface area contributed by atoms with Crippen molar-refractivity contribution in [1.29, 1.82) is 0 Å². The molecule has 0 unspecified atom stereocenters. The van der Waals surface area contributed by atoms with E-state index in [1.54, 1.807) is 19.2 Å². The van der Waals surface area contributed by atoms with Crippen LogP contribution in [0.1, 0.15) is 51.5 Å². The molecule has 31 heavy (non-hydrogen) atoms. The third-order valence-electron chi connectivity index (χ3n) is 5.52. The predicted molar refractivity (Wildman–Crippen MR) is 121 cm³/mol. The first-order chi connectivity index (χ1) is 14.8. The van der Waals surface area contributed by atoms with E-state index in [2.05, 4.69) is 27.5 Å². The highest BCUT2D eigenvalue weighted by atomic mass is 32.2. The van der Waals surface area contributed by atoms with Crippen molar-refractivity contribution < 1.29 is 17.9 Å². The molecule has 170 valence electrons. The van der Waals surface area contributed by atoms with Gasteiger partial charge in [-0.2, -0.15) is 4.98 Å². The summed E-state index contributed by atoms with van der Waals surface area (Å²) in [4.78, 5) is 20.8. The summed E-state index contributed by atoms with van der Waals surface area (Å²) in [7, 11) is -3.16. The summed E-state index contributed by atoms with van der Waals surface area (Å²) in [6.07, 6.45) is 10.4. The first-order valence-corrected chi connectivity index (χ1v) is 12.5. The fraction of sp³-hybridized carbons (Fsp3) is 0.571. The van der Waals surface area contributed by atoms with Crippen molar-refractivity contribution in [2.75, 3.05) is 36.6 Å². The van der Waals surface area contributed by atoms with Gasteiger partial charge >= 0.3 is 5.97 Å². The molecule has 1 aromatic heterocycles. The Morgan fingerprint density at radius 2 is 2.06 bits per heavy atom. The highest BCUT2D eigenvalue weighted by Gasteiger charge is 2.25. The number of carbonyl (C=O) groups is 1. The minimum Gasteiger partial charge on any atom is -0.463 e. The summed E-state index contributed by atoms with van der Waals surface area (Å²) in [5.74, 6) is 0.692. The molecule has 2 heterocycles. The molecule has 1 aliphatic carbocycles. The Morgan fingerprint density at radius 1 is 1.32 bits per heavy atom. The molecule has 0 aromatic carbocycles. The quantitative estimate of drug-likeness (QED) is 0.460. The molecule has 2 aliphatic rings. The Balaban J connectivity index is 1.75. The van der Waals surface area contributed by atoms with Crippen LogP contribution in [-0.2, 0) is 19.6 Å². The zero-order valence-electron chi connectivity index (χ0n) is 18.3. The van der Waals surface area contributed by atoms with Crippen molar-refractivity contribution in [3.63, 3.8) is 0 Å². The first-order valence-electron chi connectivity index (χ1n) is 10.7. The molecular weight excluding hydrogens is 418 g/mol. The number of esters is 1. The molecule has 1 aliphatic heterocycles. The molecule has 0 spiro atoms. The van der Waals surface area contributed by atoms with Gasteiger partial charge in [-0.3, -0.25) is 0 Å². The SMILES string of the molecule is CCOC(=O)/C=C/c1cnc(NC2CCN(S(C)(=O)=O)CC2)nc1NC1=C(C)CCC1. The Bertz CT molecular complexity index is 966. The average molecular weight is 450 g/mol. The molecule has 0 radical (unpaired) electrons. The maximum Gasteiger partial charge on any atom is 0.330 e. The molecule has 1 saturated heterocycles. The number of ether oxygens (including phenoxy) is 1. The van der Waals surface area contributed by atoms with E-state index in [4.69, 9.17) is 4.74 Å². The lowest BCUT2D eigenvalue weighted by molar-refractivity contribution is -0.137. The Hall–Kier alpha value is -2.46. The lowest BCUT2D eigenvalue weighted by Gasteiger charge is -2.30. The minimum absolute atomic E-state index is 0.0965. The number of sulfonamides is 1. The summed E-state index contributed by atoms with van der Waals surface area (Å²) in [5, 5.41) is 6.74. The van der Waals surface area contributed by atoms with Crippen LogP contribution in [0.15, 0.2) is 23.5 Å². The van der Waals surface area contributed by atoms with Gasteiger partial charge in [-0.1, -0.05) is 5.57 Å². The van der Waals surface area contributed by atoms with Crippen molar-refractivity contribution in [3.8, 4) is 0 Å². The molecule has 2 N–H and O–H groups in total. The van der Waals surface area contributed by atoms with Crippen molar-refractivity contribution >= 4 is 33.8 Å². The lowest BCUT2D eigenvalue weighted by Crippen LogP contribution is -2.42. The van der Waals surface area contributed by atoms with E-state index in [0.717, 1.165) is 25.0 Å². The number of rotatable bonds is 8. The number of allylic oxidation sites excluding steroid dienone is 2. The normalized spacial score (nSPS) is 18.5. The highest BCUT2D eigenvalue weighted by Crippen LogP contribution is 2.28. The number of anilines is 2. The number of nitrogens with one attached hydrogen (secondary N) is 2. The van der Waals surface area contributed by atoms with E-state index in [9.17, 15) is 13.2 Å². The minimum atomic E-state index is -3.16. The van der Waals surface area contributed by atoms with Crippen LogP contribution in [0, 0.1) is 0 Å². The standard InChI is InChI=1S/C21H31N5O4S/c1-4-30-19(27)9-8-16-14-22-21(25-20(16)24-18-7-5-6-15(18)2)23-17-10-12-26(13-11-17)31(3,28)29/h8-9,14,17H,4-7,10-13H2,1-3H3,(H2,22,23,24,25)/b9-8+. The molecule has 0 amide bonds. The topological polar surface area (TPSA) is 114 Å². The van der Waals surface area contributed by atoms with E-state index in [1.165, 1.54) is 22.2 Å². The van der Waals surface area contributed by atoms with Gasteiger partial charge in [0.25, 0.3) is 0 Å². The lowest BCUT2D eigenvalue weighted by atomic mass is 10.1. The van der Waals surface area contributed by atoms with Gasteiger partial charge in [0.2, 0.25) is 16.0 Å². The van der Waals surface area contributed by atoms with Gasteiger partial charge in [-0.25, -0.2) is 22.5 Å². The molecule has 0 bridgehead atoms. The smallest absolute Gasteiger partial charge is 0.330 e. The van der Waals surface area contributed by atoms with E-state index in [0.29, 0.717) is 49.9 Å². The second-order valence-corrected chi connectivity index (χ2v) is 9.88. The highest BCUT2D eigenvalue weighted by molar-refractivity contribution is 7.88. The van der Waals surface area contributed by atoms with E-state index >= 15 is 0 Å². The monoisotopic (exact) mass is 449 g/mol. The van der Waals surface area contributed by atoms with E-state index in [1.807, 2.05) is 0 Å². The average Bonchev–Trinajstić information content (AvgIpc) is 3.12. The van der Waals surface area contributed by atoms with Crippen LogP contribution < -0.4 is 10.6 Å². The molecule has 1 aromatic rings. The third kappa shape index (κ3) is 6.51. The fourth-order valence-electron chi connectivity index (χ4n) is 3.75. The Kier molecular flexibility index (Phi) is 7.66. The summed E-state index contributed by atoms with van der Waals surface area (Å²) in [6.45, 7) is 5.15. The van der Waals surface area contributed by atoms with Gasteiger partial charge < -0.3 is 15.4 Å². The van der Waals surface area contributed by atoms with Crippen molar-refractivity contribution in [3.05, 3.63) is 29.1 Å². The van der Waals surface area contributed by atoms with Crippen molar-refractivity contribution in [1.82, 2.24) is 14.3 Å². The molecule has 3 rings (SSSR count). The van der Waals surface area contributed by atoms with Gasteiger partial charge in [-0.05, 0) is 52.0 Å². The van der Waals surface area contributed by atoms with Gasteiger partial charge in [0.1, 0.15) is 5.82 Å². The van der Waals surface area contributed by atoms with Gasteiger partial charge in [0.05, 0.1) is 12.9 Å². The second-order valence-electron chi connectivity index (χ2n) is 7.90. The summed E-state index contributed by atoms with van der Waals surface area (Å²) < 4.78 is 29.9. The predicted octanol–water partition coefficient (Wildman–Crippen LogP) is 2.76. The maximum absolute atomic E-state index is 11.7. The van der Waals surface area contributed by atoms with Crippen LogP contribution >= 0.6 is 0 Å². The molecule has 9 nitrogen and oxygen atoms in total. The van der Waals surface area contributed by atoms with E-state index in [-0.39, 0.29) is 6.04 Å². The van der Waals surface area contributed by atoms with Crippen LogP contribution in [0.3, 0.4) is 0 Å². The first kappa shape index (κ1) is 23.2. The molecule has 1 fully saturated rings. The third-order valence-corrected chi connectivity index (χ3v) is 6.82. The molecule has 0 atom stereocenters. The summed E-state index contributed by atoms with van der Waals surface area (Å²) >= 11 is 0. The van der Waals surface area contributed by atoms with Crippen LogP contribution in [0.5, 0.6) is 0 Å². The Morgan fingerprint density at radius 3 is 2.68 bits per heavy atom. The fourth-order valence-corrected chi connectivity index (χ4v) is 4.63. The summed E-state index contributed by atoms with van der Waals surface area (Å²) in [6, 6.07) is 0.0965. The molecule has 10 heteroatoms. The number of nitrogens with zero attached hydrogens (tertiary/aromatic N) is 3. The number of aromatic nitrogens is 2. The van der Waals surface area contributed by atoms with Gasteiger partial charge in [-0.15, -0.1) is 0 Å². The van der Waals surface area contributed by atoms with Crippen LogP contribution in [-0.4, -0.2) is 60.7 Å². The van der Waals surface area contributed by atoms with Gasteiger partial charge in [0.15, 0.2) is 0 Å². The zero-order chi connectivity index (χ0) is 22.4. The molecular formula is C21H31N5O4S. The van der Waals surface area contributed by atoms with Crippen LogP contribution in [0.2, 0.25) is 0 Å². The zero-order valence-corrected chi connectivity index (χ0v) is 19.2. The van der Waals surface area contributed by atoms with Crippen molar-refractivity contribution in [2.24, 2.45) is 0 Å². The van der Waals surface area contributed by atoms with Crippen molar-refractivity contribution in [2.45, 2.75) is 52.0 Å². The number of hydrogen-bond acceptors (Lipinski definition) is 8. The van der Waals surface area contributed by atoms with Gasteiger partial charge in [0, 0.05) is 42.7 Å². The number of piperidine rings is 1. The largest absolute Gasteiger partial charge is 0.463 e. The molecule has 0 saturated carbocycles. The van der Waals surface area contributed by atoms with Crippen LogP contribution in [0.25, 0.3) is 6.08 Å². The Labute approximate surface area is 184 Å². The summed E-state index contributed by atoms with van der Waals surface area (Å²) in [5.41, 5.74) is 3.15. The number of hydrogen-bond donors (Lipinski definition) is 2. The second kappa shape index (κ2) is 10.2. The maximum atomic E-state index is 11.7. The van der Waals surface area contributed by atoms with Crippen LogP contribution in [0.4, 0.5) is 11.8 Å². The van der Waals surface area contributed by atoms with E-state index < -0.39 is 16.0 Å².